The van der Waals surface area contributed by atoms with Crippen LogP contribution in [0.15, 0.2) is 0 Å². The molecule has 5 heteroatoms. The van der Waals surface area contributed by atoms with E-state index in [1.54, 1.807) is 20.8 Å². The third-order valence-electron chi connectivity index (χ3n) is 1.63. The van der Waals surface area contributed by atoms with Gasteiger partial charge in [0.2, 0.25) is 0 Å². The van der Waals surface area contributed by atoms with Gasteiger partial charge in [0.25, 0.3) is 0 Å². The van der Waals surface area contributed by atoms with Crippen molar-refractivity contribution in [1.82, 2.24) is 0 Å². The van der Waals surface area contributed by atoms with Crippen molar-refractivity contribution in [3.63, 3.8) is 0 Å². The fraction of sp³-hybridized carbons (Fsp3) is 0.875. The second-order valence-corrected chi connectivity index (χ2v) is 3.97. The standard InChI is InChI=1S/C8H17NO4/c1-8(2,3)6(5(11)4-10)13-7(9)12/h5-6,10-11H,4H2,1-3H3,(H2,9,12)/t5-,6?/m1/s1. The van der Waals surface area contributed by atoms with Gasteiger partial charge in [-0.1, -0.05) is 20.8 Å². The maximum absolute atomic E-state index is 10.5. The number of ether oxygens (including phenoxy) is 1. The predicted molar refractivity (Wildman–Crippen MR) is 47.0 cm³/mol. The lowest BCUT2D eigenvalue weighted by Gasteiger charge is -2.32. The Kier molecular flexibility index (Phi) is 4.16. The highest BCUT2D eigenvalue weighted by molar-refractivity contribution is 5.64. The highest BCUT2D eigenvalue weighted by Gasteiger charge is 2.33. The van der Waals surface area contributed by atoms with Crippen molar-refractivity contribution in [2.45, 2.75) is 33.0 Å². The first kappa shape index (κ1) is 12.2. The van der Waals surface area contributed by atoms with Crippen molar-refractivity contribution in [1.29, 1.82) is 0 Å². The number of carbonyl (C=O) groups excluding carboxylic acids is 1. The number of aliphatic hydroxyl groups is 2. The van der Waals surface area contributed by atoms with Gasteiger partial charge in [0.15, 0.2) is 0 Å². The Morgan fingerprint density at radius 3 is 2.23 bits per heavy atom. The monoisotopic (exact) mass is 191 g/mol. The van der Waals surface area contributed by atoms with Crippen molar-refractivity contribution >= 4 is 6.09 Å². The minimum Gasteiger partial charge on any atom is -0.443 e. The van der Waals surface area contributed by atoms with Crippen LogP contribution in [0.5, 0.6) is 0 Å². The van der Waals surface area contributed by atoms with E-state index in [1.807, 2.05) is 0 Å². The van der Waals surface area contributed by atoms with Crippen LogP contribution >= 0.6 is 0 Å². The number of carbonyl (C=O) groups is 1. The largest absolute Gasteiger partial charge is 0.443 e. The van der Waals surface area contributed by atoms with E-state index in [4.69, 9.17) is 15.6 Å². The number of amides is 1. The first-order valence-electron chi connectivity index (χ1n) is 4.04. The smallest absolute Gasteiger partial charge is 0.404 e. The number of rotatable bonds is 3. The molecule has 0 aliphatic rings. The summed E-state index contributed by atoms with van der Waals surface area (Å²) in [5.41, 5.74) is 4.37. The third-order valence-corrected chi connectivity index (χ3v) is 1.63. The molecule has 1 unspecified atom stereocenters. The molecule has 4 N–H and O–H groups in total. The minimum atomic E-state index is -1.10. The van der Waals surface area contributed by atoms with Gasteiger partial charge in [-0.2, -0.15) is 0 Å². The lowest BCUT2D eigenvalue weighted by Crippen LogP contribution is -2.44. The third kappa shape index (κ3) is 4.10. The van der Waals surface area contributed by atoms with Crippen LogP contribution < -0.4 is 5.73 Å². The molecule has 0 fully saturated rings. The molecule has 0 saturated heterocycles. The van der Waals surface area contributed by atoms with Gasteiger partial charge in [-0.05, 0) is 0 Å². The molecule has 0 aromatic heterocycles. The van der Waals surface area contributed by atoms with Crippen molar-refractivity contribution in [2.75, 3.05) is 6.61 Å². The van der Waals surface area contributed by atoms with Gasteiger partial charge in [-0.15, -0.1) is 0 Å². The number of aliphatic hydroxyl groups excluding tert-OH is 2. The molecule has 0 aromatic rings. The molecule has 0 bridgehead atoms. The van der Waals surface area contributed by atoms with Crippen molar-refractivity contribution in [3.05, 3.63) is 0 Å². The molecule has 0 rings (SSSR count). The predicted octanol–water partition coefficient (Wildman–Crippen LogP) is -0.150. The maximum atomic E-state index is 10.5. The molecule has 1 amide bonds. The van der Waals surface area contributed by atoms with Gasteiger partial charge >= 0.3 is 6.09 Å². The molecule has 0 radical (unpaired) electrons. The summed E-state index contributed by atoms with van der Waals surface area (Å²) < 4.78 is 4.70. The zero-order valence-electron chi connectivity index (χ0n) is 8.15. The molecule has 5 nitrogen and oxygen atoms in total. The fourth-order valence-corrected chi connectivity index (χ4v) is 1.05. The Balaban J connectivity index is 4.46. The average Bonchev–Trinajstić information content (AvgIpc) is 1.96. The number of nitrogens with two attached hydrogens (primary N) is 1. The molecule has 0 aliphatic carbocycles. The van der Waals surface area contributed by atoms with E-state index in [0.717, 1.165) is 0 Å². The summed E-state index contributed by atoms with van der Waals surface area (Å²) in [7, 11) is 0. The SMILES string of the molecule is CC(C)(C)C(OC(N)=O)[C@H](O)CO. The molecule has 0 aromatic carbocycles. The lowest BCUT2D eigenvalue weighted by atomic mass is 9.86. The molecular formula is C8H17NO4. The van der Waals surface area contributed by atoms with Crippen LogP contribution in [-0.2, 0) is 4.74 Å². The Bertz CT molecular complexity index is 175. The Morgan fingerprint density at radius 2 is 2.00 bits per heavy atom. The lowest BCUT2D eigenvalue weighted by molar-refractivity contribution is -0.0697. The minimum absolute atomic E-state index is 0.461. The van der Waals surface area contributed by atoms with E-state index in [0.29, 0.717) is 0 Å². The van der Waals surface area contributed by atoms with Gasteiger partial charge in [-0.3, -0.25) is 0 Å². The summed E-state index contributed by atoms with van der Waals surface area (Å²) in [6, 6.07) is 0. The summed E-state index contributed by atoms with van der Waals surface area (Å²) >= 11 is 0. The summed E-state index contributed by atoms with van der Waals surface area (Å²) in [6.07, 6.45) is -2.85. The highest BCUT2D eigenvalue weighted by atomic mass is 16.6. The molecule has 0 spiro atoms. The van der Waals surface area contributed by atoms with Crippen LogP contribution in [0, 0.1) is 5.41 Å². The maximum Gasteiger partial charge on any atom is 0.404 e. The molecule has 0 saturated carbocycles. The summed E-state index contributed by atoms with van der Waals surface area (Å²) in [5.74, 6) is 0. The molecule has 78 valence electrons. The Hall–Kier alpha value is -0.810. The first-order valence-corrected chi connectivity index (χ1v) is 4.04. The van der Waals surface area contributed by atoms with Gasteiger partial charge in [0.1, 0.15) is 12.2 Å². The van der Waals surface area contributed by atoms with Crippen LogP contribution in [0.1, 0.15) is 20.8 Å². The van der Waals surface area contributed by atoms with Gasteiger partial charge in [-0.25, -0.2) is 4.79 Å². The second-order valence-electron chi connectivity index (χ2n) is 3.97. The molecular weight excluding hydrogens is 174 g/mol. The average molecular weight is 191 g/mol. The fourth-order valence-electron chi connectivity index (χ4n) is 1.05. The first-order chi connectivity index (χ1) is 5.79. The Morgan fingerprint density at radius 1 is 1.54 bits per heavy atom. The van der Waals surface area contributed by atoms with Gasteiger partial charge in [0.05, 0.1) is 6.61 Å². The van der Waals surface area contributed by atoms with E-state index >= 15 is 0 Å². The van der Waals surface area contributed by atoms with Crippen molar-refractivity contribution < 1.29 is 19.7 Å². The topological polar surface area (TPSA) is 92.8 Å². The number of hydrogen-bond donors (Lipinski definition) is 3. The van der Waals surface area contributed by atoms with E-state index in [9.17, 15) is 9.90 Å². The summed E-state index contributed by atoms with van der Waals surface area (Å²) in [6.45, 7) is 4.87. The van der Waals surface area contributed by atoms with Crippen LogP contribution in [0.3, 0.4) is 0 Å². The highest BCUT2D eigenvalue weighted by Crippen LogP contribution is 2.24. The van der Waals surface area contributed by atoms with E-state index in [2.05, 4.69) is 0 Å². The van der Waals surface area contributed by atoms with E-state index in [1.165, 1.54) is 0 Å². The zero-order valence-corrected chi connectivity index (χ0v) is 8.15. The van der Waals surface area contributed by atoms with Gasteiger partial charge < -0.3 is 20.7 Å². The van der Waals surface area contributed by atoms with Gasteiger partial charge in [0, 0.05) is 5.41 Å². The van der Waals surface area contributed by atoms with Crippen LogP contribution in [0.25, 0.3) is 0 Å². The van der Waals surface area contributed by atoms with Crippen LogP contribution in [0.2, 0.25) is 0 Å². The molecule has 2 atom stereocenters. The van der Waals surface area contributed by atoms with Crippen molar-refractivity contribution in [2.24, 2.45) is 11.1 Å². The quantitative estimate of drug-likeness (QED) is 0.578. The number of hydrogen-bond acceptors (Lipinski definition) is 4. The summed E-state index contributed by atoms with van der Waals surface area (Å²) in [4.78, 5) is 10.5. The Labute approximate surface area is 77.5 Å². The second kappa shape index (κ2) is 4.43. The van der Waals surface area contributed by atoms with Crippen LogP contribution in [-0.4, -0.2) is 35.1 Å². The number of primary amides is 1. The van der Waals surface area contributed by atoms with Crippen LogP contribution in [0.4, 0.5) is 4.79 Å². The normalized spacial score (nSPS) is 16.4. The van der Waals surface area contributed by atoms with E-state index in [-0.39, 0.29) is 0 Å². The summed E-state index contributed by atoms with van der Waals surface area (Å²) in [5, 5.41) is 18.0. The van der Waals surface area contributed by atoms with E-state index < -0.39 is 30.3 Å². The zero-order chi connectivity index (χ0) is 10.6. The van der Waals surface area contributed by atoms with Crippen molar-refractivity contribution in [3.8, 4) is 0 Å². The molecule has 0 aliphatic heterocycles. The molecule has 13 heavy (non-hydrogen) atoms. The molecule has 0 heterocycles.